The highest BCUT2D eigenvalue weighted by Crippen LogP contribution is 2.35. The summed E-state index contributed by atoms with van der Waals surface area (Å²) in [5.41, 5.74) is 0.886. The lowest BCUT2D eigenvalue weighted by Crippen LogP contribution is -2.37. The van der Waals surface area contributed by atoms with E-state index in [0.29, 0.717) is 16.5 Å². The minimum atomic E-state index is -0.766. The number of aliphatic carboxylic acids is 1. The summed E-state index contributed by atoms with van der Waals surface area (Å²) in [5, 5.41) is 10.2. The first kappa shape index (κ1) is 13.7. The number of halogens is 2. The van der Waals surface area contributed by atoms with Crippen LogP contribution in [0, 0.1) is 0 Å². The van der Waals surface area contributed by atoms with Crippen LogP contribution in [0.2, 0.25) is 10.0 Å². The van der Waals surface area contributed by atoms with Crippen molar-refractivity contribution in [3.8, 4) is 0 Å². The summed E-state index contributed by atoms with van der Waals surface area (Å²) in [6, 6.07) is 5.01. The number of carboxylic acid groups (broad SMARTS) is 1. The summed E-state index contributed by atoms with van der Waals surface area (Å²) in [6.07, 6.45) is 1.59. The Morgan fingerprint density at radius 1 is 1.50 bits per heavy atom. The lowest BCUT2D eigenvalue weighted by atomic mass is 10.1. The SMILES string of the molecule is CC(c1cccc(Cl)c1Cl)N1CCCC1C(=O)O. The zero-order chi connectivity index (χ0) is 13.3. The third-order valence-corrected chi connectivity index (χ3v) is 4.34. The van der Waals surface area contributed by atoms with E-state index in [1.165, 1.54) is 0 Å². The normalized spacial score (nSPS) is 22.1. The van der Waals surface area contributed by atoms with E-state index >= 15 is 0 Å². The van der Waals surface area contributed by atoms with Crippen molar-refractivity contribution in [1.82, 2.24) is 4.90 Å². The molecule has 1 heterocycles. The molecule has 0 bridgehead atoms. The Morgan fingerprint density at radius 2 is 2.22 bits per heavy atom. The van der Waals surface area contributed by atoms with Gasteiger partial charge in [-0.1, -0.05) is 35.3 Å². The second-order valence-electron chi connectivity index (χ2n) is 4.55. The topological polar surface area (TPSA) is 40.5 Å². The van der Waals surface area contributed by atoms with Gasteiger partial charge in [0.15, 0.2) is 0 Å². The summed E-state index contributed by atoms with van der Waals surface area (Å²) < 4.78 is 0. The molecule has 2 atom stereocenters. The number of hydrogen-bond acceptors (Lipinski definition) is 2. The summed E-state index contributed by atoms with van der Waals surface area (Å²) in [5.74, 6) is -0.766. The fourth-order valence-electron chi connectivity index (χ4n) is 2.54. The summed E-state index contributed by atoms with van der Waals surface area (Å²) in [6.45, 7) is 2.75. The predicted octanol–water partition coefficient (Wildman–Crippen LogP) is 3.60. The molecule has 3 nitrogen and oxygen atoms in total. The first-order valence-electron chi connectivity index (χ1n) is 5.95. The fourth-order valence-corrected chi connectivity index (χ4v) is 3.01. The highest BCUT2D eigenvalue weighted by Gasteiger charge is 2.34. The molecule has 1 saturated heterocycles. The van der Waals surface area contributed by atoms with Crippen LogP contribution in [0.3, 0.4) is 0 Å². The van der Waals surface area contributed by atoms with Gasteiger partial charge in [-0.3, -0.25) is 9.69 Å². The van der Waals surface area contributed by atoms with Gasteiger partial charge in [0.2, 0.25) is 0 Å². The molecule has 98 valence electrons. The van der Waals surface area contributed by atoms with Gasteiger partial charge in [0.05, 0.1) is 10.0 Å². The number of nitrogens with zero attached hydrogens (tertiary/aromatic N) is 1. The maximum absolute atomic E-state index is 11.2. The van der Waals surface area contributed by atoms with Gasteiger partial charge in [0, 0.05) is 6.04 Å². The molecule has 1 aliphatic heterocycles. The molecule has 2 unspecified atom stereocenters. The second kappa shape index (κ2) is 5.47. The average Bonchev–Trinajstić information content (AvgIpc) is 2.81. The molecule has 18 heavy (non-hydrogen) atoms. The zero-order valence-corrected chi connectivity index (χ0v) is 11.6. The van der Waals surface area contributed by atoms with Crippen molar-refractivity contribution in [3.63, 3.8) is 0 Å². The monoisotopic (exact) mass is 287 g/mol. The number of likely N-dealkylation sites (tertiary alicyclic amines) is 1. The van der Waals surface area contributed by atoms with Gasteiger partial charge < -0.3 is 5.11 Å². The molecule has 0 radical (unpaired) electrons. The van der Waals surface area contributed by atoms with Gasteiger partial charge in [-0.05, 0) is 37.9 Å². The molecular formula is C13H15Cl2NO2. The highest BCUT2D eigenvalue weighted by molar-refractivity contribution is 6.42. The first-order valence-corrected chi connectivity index (χ1v) is 6.70. The fraction of sp³-hybridized carbons (Fsp3) is 0.462. The maximum Gasteiger partial charge on any atom is 0.320 e. The van der Waals surface area contributed by atoms with Gasteiger partial charge in [-0.2, -0.15) is 0 Å². The van der Waals surface area contributed by atoms with Crippen molar-refractivity contribution in [2.45, 2.75) is 31.8 Å². The number of benzene rings is 1. The van der Waals surface area contributed by atoms with E-state index in [2.05, 4.69) is 0 Å². The molecule has 0 aliphatic carbocycles. The third kappa shape index (κ3) is 2.48. The second-order valence-corrected chi connectivity index (χ2v) is 5.34. The Morgan fingerprint density at radius 3 is 2.89 bits per heavy atom. The molecule has 0 amide bonds. The Hall–Kier alpha value is -0.770. The lowest BCUT2D eigenvalue weighted by Gasteiger charge is -2.29. The smallest absolute Gasteiger partial charge is 0.320 e. The van der Waals surface area contributed by atoms with Crippen LogP contribution in [0.25, 0.3) is 0 Å². The van der Waals surface area contributed by atoms with Crippen molar-refractivity contribution < 1.29 is 9.90 Å². The van der Waals surface area contributed by atoms with Crippen molar-refractivity contribution in [3.05, 3.63) is 33.8 Å². The average molecular weight is 288 g/mol. The molecule has 0 saturated carbocycles. The number of rotatable bonds is 3. The van der Waals surface area contributed by atoms with Crippen LogP contribution in [0.4, 0.5) is 0 Å². The van der Waals surface area contributed by atoms with Crippen molar-refractivity contribution in [2.24, 2.45) is 0 Å². The lowest BCUT2D eigenvalue weighted by molar-refractivity contribution is -0.142. The maximum atomic E-state index is 11.2. The van der Waals surface area contributed by atoms with Crippen LogP contribution < -0.4 is 0 Å². The highest BCUT2D eigenvalue weighted by atomic mass is 35.5. The minimum Gasteiger partial charge on any atom is -0.480 e. The summed E-state index contributed by atoms with van der Waals surface area (Å²) >= 11 is 12.2. The van der Waals surface area contributed by atoms with Gasteiger partial charge in [-0.15, -0.1) is 0 Å². The third-order valence-electron chi connectivity index (χ3n) is 3.51. The quantitative estimate of drug-likeness (QED) is 0.923. The Labute approximate surface area is 116 Å². The van der Waals surface area contributed by atoms with Gasteiger partial charge in [-0.25, -0.2) is 0 Å². The molecule has 1 aromatic carbocycles. The largest absolute Gasteiger partial charge is 0.480 e. The van der Waals surface area contributed by atoms with Gasteiger partial charge >= 0.3 is 5.97 Å². The first-order chi connectivity index (χ1) is 8.52. The van der Waals surface area contributed by atoms with E-state index in [9.17, 15) is 9.90 Å². The van der Waals surface area contributed by atoms with Crippen molar-refractivity contribution in [1.29, 1.82) is 0 Å². The minimum absolute atomic E-state index is 0.0419. The predicted molar refractivity (Wildman–Crippen MR) is 72.2 cm³/mol. The van der Waals surface area contributed by atoms with Crippen molar-refractivity contribution in [2.75, 3.05) is 6.54 Å². The Kier molecular flexibility index (Phi) is 4.15. The molecule has 1 aromatic rings. The van der Waals surface area contributed by atoms with Crippen LogP contribution in [-0.2, 0) is 4.79 Å². The van der Waals surface area contributed by atoms with Crippen LogP contribution >= 0.6 is 23.2 Å². The zero-order valence-electron chi connectivity index (χ0n) is 10.1. The van der Waals surface area contributed by atoms with Gasteiger partial charge in [0.1, 0.15) is 6.04 Å². The van der Waals surface area contributed by atoms with E-state index in [1.54, 1.807) is 6.07 Å². The molecule has 0 spiro atoms. The Balaban J connectivity index is 2.28. The standard InChI is InChI=1S/C13H15Cl2NO2/c1-8(9-4-2-5-10(14)12(9)15)16-7-3-6-11(16)13(17)18/h2,4-5,8,11H,3,6-7H2,1H3,(H,17,18). The summed E-state index contributed by atoms with van der Waals surface area (Å²) in [4.78, 5) is 13.2. The summed E-state index contributed by atoms with van der Waals surface area (Å²) in [7, 11) is 0. The van der Waals surface area contributed by atoms with Crippen molar-refractivity contribution >= 4 is 29.2 Å². The molecule has 5 heteroatoms. The van der Waals surface area contributed by atoms with E-state index < -0.39 is 12.0 Å². The van der Waals surface area contributed by atoms with Gasteiger partial charge in [0.25, 0.3) is 0 Å². The molecular weight excluding hydrogens is 273 g/mol. The molecule has 1 aliphatic rings. The molecule has 0 aromatic heterocycles. The van der Waals surface area contributed by atoms with E-state index in [-0.39, 0.29) is 6.04 Å². The van der Waals surface area contributed by atoms with E-state index in [0.717, 1.165) is 18.5 Å². The Bertz CT molecular complexity index is 464. The molecule has 1 fully saturated rings. The van der Waals surface area contributed by atoms with Crippen LogP contribution in [0.5, 0.6) is 0 Å². The number of hydrogen-bond donors (Lipinski definition) is 1. The number of carbonyl (C=O) groups is 1. The number of carboxylic acids is 1. The van der Waals surface area contributed by atoms with E-state index in [1.807, 2.05) is 24.0 Å². The molecule has 1 N–H and O–H groups in total. The van der Waals surface area contributed by atoms with E-state index in [4.69, 9.17) is 23.2 Å². The van der Waals surface area contributed by atoms with Crippen LogP contribution in [0.15, 0.2) is 18.2 Å². The van der Waals surface area contributed by atoms with Crippen LogP contribution in [-0.4, -0.2) is 28.6 Å². The molecule has 2 rings (SSSR count). The van der Waals surface area contributed by atoms with Crippen LogP contribution in [0.1, 0.15) is 31.4 Å².